The molecule has 0 bridgehead atoms. The van der Waals surface area contributed by atoms with Crippen molar-refractivity contribution >= 4 is 5.97 Å². The minimum atomic E-state index is -0.774. The molecular formula is C21H26FNO3. The molecule has 0 amide bonds. The number of carboxylic acid groups (broad SMARTS) is 1. The van der Waals surface area contributed by atoms with Crippen LogP contribution in [0.4, 0.5) is 4.39 Å². The first kappa shape index (κ1) is 19.9. The van der Waals surface area contributed by atoms with Gasteiger partial charge in [-0.3, -0.25) is 4.79 Å². The van der Waals surface area contributed by atoms with Crippen LogP contribution in [0.5, 0.6) is 5.75 Å². The fourth-order valence-corrected chi connectivity index (χ4v) is 2.65. The van der Waals surface area contributed by atoms with Crippen molar-refractivity contribution in [3.63, 3.8) is 0 Å². The van der Waals surface area contributed by atoms with Gasteiger partial charge in [0, 0.05) is 6.54 Å². The van der Waals surface area contributed by atoms with Gasteiger partial charge < -0.3 is 15.2 Å². The molecule has 0 atom stereocenters. The van der Waals surface area contributed by atoms with E-state index in [1.807, 2.05) is 18.2 Å². The van der Waals surface area contributed by atoms with Crippen LogP contribution >= 0.6 is 0 Å². The Labute approximate surface area is 154 Å². The van der Waals surface area contributed by atoms with Gasteiger partial charge in [-0.25, -0.2) is 4.39 Å². The van der Waals surface area contributed by atoms with Crippen LogP contribution in [0.1, 0.15) is 30.4 Å². The number of rotatable bonds is 12. The maximum absolute atomic E-state index is 13.1. The molecule has 0 fully saturated rings. The summed E-state index contributed by atoms with van der Waals surface area (Å²) < 4.78 is 18.8. The molecule has 0 heterocycles. The molecule has 0 aliphatic heterocycles. The molecule has 0 aliphatic carbocycles. The molecule has 4 nitrogen and oxygen atoms in total. The first-order valence-electron chi connectivity index (χ1n) is 9.02. The van der Waals surface area contributed by atoms with Crippen molar-refractivity contribution in [3.8, 4) is 5.75 Å². The maximum atomic E-state index is 13.1. The third-order valence-corrected chi connectivity index (χ3v) is 4.03. The minimum Gasteiger partial charge on any atom is -0.494 e. The predicted molar refractivity (Wildman–Crippen MR) is 100 cm³/mol. The van der Waals surface area contributed by atoms with Gasteiger partial charge in [-0.2, -0.15) is 0 Å². The number of aliphatic carboxylic acids is 1. The molecule has 2 N–H and O–H groups in total. The predicted octanol–water partition coefficient (Wildman–Crippen LogP) is 3.83. The van der Waals surface area contributed by atoms with Gasteiger partial charge in [0.05, 0.1) is 13.0 Å². The number of hydrogen-bond donors (Lipinski definition) is 2. The van der Waals surface area contributed by atoms with E-state index in [4.69, 9.17) is 9.84 Å². The molecule has 2 aromatic rings. The molecule has 5 heteroatoms. The van der Waals surface area contributed by atoms with Gasteiger partial charge in [0.25, 0.3) is 0 Å². The molecular weight excluding hydrogens is 333 g/mol. The van der Waals surface area contributed by atoms with E-state index in [1.165, 1.54) is 11.6 Å². The molecule has 0 radical (unpaired) electrons. The van der Waals surface area contributed by atoms with Gasteiger partial charge in [-0.15, -0.1) is 0 Å². The summed E-state index contributed by atoms with van der Waals surface area (Å²) in [7, 11) is 0. The average molecular weight is 359 g/mol. The summed E-state index contributed by atoms with van der Waals surface area (Å²) in [5.41, 5.74) is 2.22. The van der Waals surface area contributed by atoms with E-state index in [0.29, 0.717) is 13.2 Å². The second kappa shape index (κ2) is 11.3. The van der Waals surface area contributed by atoms with Crippen molar-refractivity contribution in [2.24, 2.45) is 0 Å². The monoisotopic (exact) mass is 359 g/mol. The lowest BCUT2D eigenvalue weighted by Crippen LogP contribution is -2.19. The van der Waals surface area contributed by atoms with Crippen molar-refractivity contribution in [1.29, 1.82) is 0 Å². The zero-order chi connectivity index (χ0) is 18.6. The van der Waals surface area contributed by atoms with Crippen LogP contribution in [0.15, 0.2) is 48.5 Å². The first-order chi connectivity index (χ1) is 12.6. The molecule has 0 unspecified atom stereocenters. The van der Waals surface area contributed by atoms with Gasteiger partial charge in [0.1, 0.15) is 11.6 Å². The van der Waals surface area contributed by atoms with Crippen LogP contribution < -0.4 is 10.1 Å². The lowest BCUT2D eigenvalue weighted by atomic mass is 10.1. The number of aryl methyl sites for hydroxylation is 2. The molecule has 2 aromatic carbocycles. The van der Waals surface area contributed by atoms with E-state index in [0.717, 1.165) is 43.5 Å². The van der Waals surface area contributed by atoms with Crippen LogP contribution in [0.25, 0.3) is 0 Å². The standard InChI is InChI=1S/C21H26FNO3/c22-19-7-1-4-18(16-19)6-3-15-26-20-10-8-17(9-11-20)5-2-13-23-14-12-21(24)25/h1,4,7-11,16,23H,2-3,5-6,12-15H2,(H,24,25). The smallest absolute Gasteiger partial charge is 0.304 e. The Morgan fingerprint density at radius 1 is 1.00 bits per heavy atom. The Balaban J connectivity index is 1.59. The number of nitrogens with one attached hydrogen (secondary N) is 1. The van der Waals surface area contributed by atoms with Crippen molar-refractivity contribution in [2.75, 3.05) is 19.7 Å². The summed E-state index contributed by atoms with van der Waals surface area (Å²) >= 11 is 0. The van der Waals surface area contributed by atoms with Crippen molar-refractivity contribution in [2.45, 2.75) is 32.1 Å². The van der Waals surface area contributed by atoms with Crippen LogP contribution in [0.2, 0.25) is 0 Å². The highest BCUT2D eigenvalue weighted by molar-refractivity contribution is 5.66. The Bertz CT molecular complexity index is 673. The topological polar surface area (TPSA) is 58.6 Å². The summed E-state index contributed by atoms with van der Waals surface area (Å²) in [6.45, 7) is 1.92. The van der Waals surface area contributed by atoms with Crippen molar-refractivity contribution in [1.82, 2.24) is 5.32 Å². The molecule has 0 saturated heterocycles. The summed E-state index contributed by atoms with van der Waals surface area (Å²) in [4.78, 5) is 10.4. The zero-order valence-corrected chi connectivity index (χ0v) is 14.9. The molecule has 0 spiro atoms. The third kappa shape index (κ3) is 8.12. The number of ether oxygens (including phenoxy) is 1. The van der Waals surface area contributed by atoms with Crippen LogP contribution in [0.3, 0.4) is 0 Å². The highest BCUT2D eigenvalue weighted by Gasteiger charge is 1.99. The highest BCUT2D eigenvalue weighted by Crippen LogP contribution is 2.14. The number of benzene rings is 2. The summed E-state index contributed by atoms with van der Waals surface area (Å²) in [5.74, 6) is -0.132. The lowest BCUT2D eigenvalue weighted by Gasteiger charge is -2.08. The molecule has 2 rings (SSSR count). The van der Waals surface area contributed by atoms with Crippen LogP contribution in [-0.4, -0.2) is 30.8 Å². The third-order valence-electron chi connectivity index (χ3n) is 4.03. The second-order valence-corrected chi connectivity index (χ2v) is 6.22. The van der Waals surface area contributed by atoms with Crippen LogP contribution in [0, 0.1) is 5.82 Å². The maximum Gasteiger partial charge on any atom is 0.304 e. The lowest BCUT2D eigenvalue weighted by molar-refractivity contribution is -0.136. The quantitative estimate of drug-likeness (QED) is 0.566. The number of hydrogen-bond acceptors (Lipinski definition) is 3. The Morgan fingerprint density at radius 2 is 1.77 bits per heavy atom. The molecule has 140 valence electrons. The fraction of sp³-hybridized carbons (Fsp3) is 0.381. The molecule has 0 aromatic heterocycles. The summed E-state index contributed by atoms with van der Waals surface area (Å²) in [6, 6.07) is 14.7. The Morgan fingerprint density at radius 3 is 2.50 bits per heavy atom. The average Bonchev–Trinajstić information content (AvgIpc) is 2.62. The van der Waals surface area contributed by atoms with Crippen LogP contribution in [-0.2, 0) is 17.6 Å². The minimum absolute atomic E-state index is 0.158. The summed E-state index contributed by atoms with van der Waals surface area (Å²) in [6.07, 6.45) is 3.70. The van der Waals surface area contributed by atoms with E-state index in [9.17, 15) is 9.18 Å². The summed E-state index contributed by atoms with van der Waals surface area (Å²) in [5, 5.41) is 11.7. The largest absolute Gasteiger partial charge is 0.494 e. The highest BCUT2D eigenvalue weighted by atomic mass is 19.1. The number of carbonyl (C=O) groups is 1. The molecule has 26 heavy (non-hydrogen) atoms. The van der Waals surface area contributed by atoms with E-state index < -0.39 is 5.97 Å². The number of halogens is 1. The number of carboxylic acids is 1. The van der Waals surface area contributed by atoms with Gasteiger partial charge in [-0.1, -0.05) is 24.3 Å². The Kier molecular flexibility index (Phi) is 8.63. The van der Waals surface area contributed by atoms with E-state index >= 15 is 0 Å². The molecule has 0 saturated carbocycles. The van der Waals surface area contributed by atoms with Gasteiger partial charge >= 0.3 is 5.97 Å². The Hall–Kier alpha value is -2.40. The second-order valence-electron chi connectivity index (χ2n) is 6.22. The normalized spacial score (nSPS) is 10.7. The zero-order valence-electron chi connectivity index (χ0n) is 14.9. The SMILES string of the molecule is O=C(O)CCNCCCc1ccc(OCCCc2cccc(F)c2)cc1. The van der Waals surface area contributed by atoms with Gasteiger partial charge in [0.2, 0.25) is 0 Å². The molecule has 0 aliphatic rings. The van der Waals surface area contributed by atoms with E-state index in [2.05, 4.69) is 17.4 Å². The van der Waals surface area contributed by atoms with E-state index in [1.54, 1.807) is 12.1 Å². The first-order valence-corrected chi connectivity index (χ1v) is 9.02. The van der Waals surface area contributed by atoms with Crippen molar-refractivity contribution in [3.05, 3.63) is 65.5 Å². The van der Waals surface area contributed by atoms with Gasteiger partial charge in [0.15, 0.2) is 0 Å². The fourth-order valence-electron chi connectivity index (χ4n) is 2.65. The van der Waals surface area contributed by atoms with E-state index in [-0.39, 0.29) is 12.2 Å². The van der Waals surface area contributed by atoms with Gasteiger partial charge in [-0.05, 0) is 67.6 Å². The van der Waals surface area contributed by atoms with Crippen molar-refractivity contribution < 1.29 is 19.0 Å².